The van der Waals surface area contributed by atoms with E-state index in [0.717, 1.165) is 17.4 Å². The van der Waals surface area contributed by atoms with Crippen molar-refractivity contribution in [1.29, 1.82) is 0 Å². The van der Waals surface area contributed by atoms with Gasteiger partial charge < -0.3 is 0 Å². The van der Waals surface area contributed by atoms with Crippen molar-refractivity contribution in [2.24, 2.45) is 0 Å². The van der Waals surface area contributed by atoms with Crippen LogP contribution in [0.25, 0.3) is 10.8 Å². The Labute approximate surface area is 97.7 Å². The summed E-state index contributed by atoms with van der Waals surface area (Å²) in [6.45, 7) is 1.65. The third kappa shape index (κ3) is 1.80. The second-order valence-electron chi connectivity index (χ2n) is 3.56. The first-order valence-electron chi connectivity index (χ1n) is 4.60. The molecule has 0 bridgehead atoms. The minimum atomic E-state index is -5.59. The van der Waals surface area contributed by atoms with Gasteiger partial charge in [-0.1, -0.05) is 18.2 Å². The molecule has 17 heavy (non-hydrogen) atoms. The maximum absolute atomic E-state index is 13.3. The fourth-order valence-electron chi connectivity index (χ4n) is 1.55. The molecule has 0 N–H and O–H groups in total. The molecule has 0 fully saturated rings. The Kier molecular flexibility index (Phi) is 2.65. The van der Waals surface area contributed by atoms with Crippen molar-refractivity contribution in [1.82, 2.24) is 0 Å². The molecule has 2 aromatic rings. The number of benzene rings is 1. The van der Waals surface area contributed by atoms with Gasteiger partial charge in [0, 0.05) is 15.8 Å². The molecule has 1 aromatic heterocycles. The highest BCUT2D eigenvalue weighted by Gasteiger charge is 2.59. The third-order valence-electron chi connectivity index (χ3n) is 2.44. The van der Waals surface area contributed by atoms with E-state index < -0.39 is 17.7 Å². The van der Waals surface area contributed by atoms with Crippen LogP contribution in [0.5, 0.6) is 0 Å². The number of fused-ring (bicyclic) bond motifs is 1. The molecule has 0 spiro atoms. The van der Waals surface area contributed by atoms with Crippen LogP contribution in [0.15, 0.2) is 18.2 Å². The van der Waals surface area contributed by atoms with E-state index in [1.807, 2.05) is 0 Å². The van der Waals surface area contributed by atoms with Crippen LogP contribution in [-0.2, 0) is 5.92 Å². The molecule has 1 radical (unpaired) electrons. The van der Waals surface area contributed by atoms with E-state index in [1.54, 1.807) is 6.92 Å². The van der Waals surface area contributed by atoms with E-state index in [9.17, 15) is 22.0 Å². The normalized spacial score (nSPS) is 13.3. The molecular weight excluding hydrogens is 259 g/mol. The lowest BCUT2D eigenvalue weighted by atomic mass is 10.0. The predicted octanol–water partition coefficient (Wildman–Crippen LogP) is 4.66. The van der Waals surface area contributed by atoms with Gasteiger partial charge in [-0.3, -0.25) is 0 Å². The summed E-state index contributed by atoms with van der Waals surface area (Å²) in [4.78, 5) is 0.667. The minimum Gasteiger partial charge on any atom is -0.191 e. The standard InChI is InChI=1S/C11H6F5S/c1-6-7-3-2-4-9(8(7)5-17-6)10(12,13)11(14,15)16/h2-4H,1H3. The van der Waals surface area contributed by atoms with Gasteiger partial charge in [-0.25, -0.2) is 0 Å². The molecule has 2 rings (SSSR count). The van der Waals surface area contributed by atoms with Crippen LogP contribution in [0.4, 0.5) is 22.0 Å². The Hall–Kier alpha value is -1.17. The van der Waals surface area contributed by atoms with Crippen LogP contribution in [-0.4, -0.2) is 6.18 Å². The highest BCUT2D eigenvalue weighted by molar-refractivity contribution is 7.11. The van der Waals surface area contributed by atoms with Gasteiger partial charge in [-0.15, -0.1) is 11.3 Å². The van der Waals surface area contributed by atoms with Crippen LogP contribution in [0.1, 0.15) is 10.4 Å². The zero-order valence-electron chi connectivity index (χ0n) is 8.53. The highest BCUT2D eigenvalue weighted by Crippen LogP contribution is 2.46. The summed E-state index contributed by atoms with van der Waals surface area (Å²) >= 11 is 1.03. The van der Waals surface area contributed by atoms with Gasteiger partial charge >= 0.3 is 12.1 Å². The summed E-state index contributed by atoms with van der Waals surface area (Å²) in [6.07, 6.45) is -5.59. The lowest BCUT2D eigenvalue weighted by molar-refractivity contribution is -0.288. The summed E-state index contributed by atoms with van der Waals surface area (Å²) in [5.41, 5.74) is -1.04. The Bertz CT molecular complexity index is 552. The first-order valence-corrected chi connectivity index (χ1v) is 5.41. The van der Waals surface area contributed by atoms with E-state index in [-0.39, 0.29) is 5.39 Å². The molecule has 0 saturated heterocycles. The van der Waals surface area contributed by atoms with Gasteiger partial charge in [0.2, 0.25) is 0 Å². The summed E-state index contributed by atoms with van der Waals surface area (Å²) in [5.74, 6) is -4.85. The van der Waals surface area contributed by atoms with Gasteiger partial charge in [-0.2, -0.15) is 22.0 Å². The van der Waals surface area contributed by atoms with Crippen molar-refractivity contribution in [2.45, 2.75) is 19.0 Å². The zero-order chi connectivity index (χ0) is 12.8. The van der Waals surface area contributed by atoms with Crippen LogP contribution < -0.4 is 0 Å². The lowest BCUT2D eigenvalue weighted by Crippen LogP contribution is -2.33. The van der Waals surface area contributed by atoms with Crippen molar-refractivity contribution >= 4 is 22.1 Å². The van der Waals surface area contributed by atoms with Crippen LogP contribution in [0, 0.1) is 12.3 Å². The monoisotopic (exact) mass is 265 g/mol. The van der Waals surface area contributed by atoms with E-state index in [0.29, 0.717) is 10.3 Å². The van der Waals surface area contributed by atoms with Crippen molar-refractivity contribution in [3.63, 3.8) is 0 Å². The van der Waals surface area contributed by atoms with E-state index in [2.05, 4.69) is 5.38 Å². The molecule has 1 aromatic carbocycles. The molecule has 0 aliphatic heterocycles. The number of aryl methyl sites for hydroxylation is 1. The fraction of sp³-hybridized carbons (Fsp3) is 0.273. The summed E-state index contributed by atoms with van der Waals surface area (Å²) < 4.78 is 63.4. The predicted molar refractivity (Wildman–Crippen MR) is 55.3 cm³/mol. The number of hydrogen-bond donors (Lipinski definition) is 0. The van der Waals surface area contributed by atoms with Crippen molar-refractivity contribution < 1.29 is 22.0 Å². The molecule has 0 amide bonds. The lowest BCUT2D eigenvalue weighted by Gasteiger charge is -2.20. The number of thiophene rings is 1. The maximum atomic E-state index is 13.3. The molecule has 0 aliphatic carbocycles. The van der Waals surface area contributed by atoms with Crippen LogP contribution in [0.3, 0.4) is 0 Å². The average molecular weight is 265 g/mol. The van der Waals surface area contributed by atoms with Gasteiger partial charge in [0.05, 0.1) is 5.38 Å². The summed E-state index contributed by atoms with van der Waals surface area (Å²) in [7, 11) is 0. The number of alkyl halides is 5. The zero-order valence-corrected chi connectivity index (χ0v) is 9.35. The smallest absolute Gasteiger partial charge is 0.191 e. The molecule has 0 atom stereocenters. The van der Waals surface area contributed by atoms with Gasteiger partial charge in [-0.05, 0) is 12.3 Å². The first kappa shape index (κ1) is 12.3. The molecule has 0 aliphatic rings. The van der Waals surface area contributed by atoms with E-state index in [1.165, 1.54) is 12.1 Å². The van der Waals surface area contributed by atoms with E-state index >= 15 is 0 Å². The van der Waals surface area contributed by atoms with E-state index in [4.69, 9.17) is 0 Å². The van der Waals surface area contributed by atoms with Crippen LogP contribution in [0.2, 0.25) is 0 Å². The largest absolute Gasteiger partial charge is 0.458 e. The molecule has 91 valence electrons. The van der Waals surface area contributed by atoms with Crippen LogP contribution >= 0.6 is 11.3 Å². The molecule has 0 unspecified atom stereocenters. The molecular formula is C11H6F5S. The Morgan fingerprint density at radius 1 is 1.12 bits per heavy atom. The maximum Gasteiger partial charge on any atom is 0.458 e. The number of rotatable bonds is 1. The quantitative estimate of drug-likeness (QED) is 0.657. The summed E-state index contributed by atoms with van der Waals surface area (Å²) in [5, 5.41) is 2.73. The Morgan fingerprint density at radius 2 is 1.76 bits per heavy atom. The number of halogens is 5. The Morgan fingerprint density at radius 3 is 2.35 bits per heavy atom. The van der Waals surface area contributed by atoms with Crippen molar-refractivity contribution in [3.8, 4) is 0 Å². The first-order chi connectivity index (χ1) is 7.75. The Balaban J connectivity index is 2.72. The van der Waals surface area contributed by atoms with Gasteiger partial charge in [0.1, 0.15) is 0 Å². The minimum absolute atomic E-state index is 0.155. The molecule has 0 nitrogen and oxygen atoms in total. The average Bonchev–Trinajstić information content (AvgIpc) is 2.59. The number of hydrogen-bond acceptors (Lipinski definition) is 1. The second-order valence-corrected chi connectivity index (χ2v) is 4.58. The SMILES string of the molecule is Cc1s[c]c2c(C(F)(F)C(F)(F)F)cccc12. The van der Waals surface area contributed by atoms with Crippen molar-refractivity contribution in [2.75, 3.05) is 0 Å². The third-order valence-corrected chi connectivity index (χ3v) is 3.28. The van der Waals surface area contributed by atoms with Crippen molar-refractivity contribution in [3.05, 3.63) is 34.0 Å². The molecule has 1 heterocycles. The van der Waals surface area contributed by atoms with Gasteiger partial charge in [0.25, 0.3) is 0 Å². The van der Waals surface area contributed by atoms with Gasteiger partial charge in [0.15, 0.2) is 0 Å². The summed E-state index contributed by atoms with van der Waals surface area (Å²) in [6, 6.07) is 3.50. The molecule has 0 saturated carbocycles. The second kappa shape index (κ2) is 3.66. The highest BCUT2D eigenvalue weighted by atomic mass is 32.1. The topological polar surface area (TPSA) is 0 Å². The fourth-order valence-corrected chi connectivity index (χ4v) is 2.31. The molecule has 6 heteroatoms.